The second kappa shape index (κ2) is 4.95. The van der Waals surface area contributed by atoms with Gasteiger partial charge in [-0.2, -0.15) is 8.78 Å². The number of alkyl halides is 2. The minimum Gasteiger partial charge on any atom is -0.434 e. The Kier molecular flexibility index (Phi) is 3.36. The van der Waals surface area contributed by atoms with E-state index in [9.17, 15) is 18.4 Å². The molecule has 0 spiro atoms. The number of para-hydroxylation sites is 1. The van der Waals surface area contributed by atoms with Crippen LogP contribution in [0.15, 0.2) is 29.8 Å². The minimum atomic E-state index is -2.94. The van der Waals surface area contributed by atoms with Crippen LogP contribution < -0.4 is 10.1 Å². The van der Waals surface area contributed by atoms with E-state index >= 15 is 0 Å². The van der Waals surface area contributed by atoms with Crippen molar-refractivity contribution in [1.82, 2.24) is 5.32 Å². The van der Waals surface area contributed by atoms with Crippen LogP contribution >= 0.6 is 0 Å². The zero-order valence-corrected chi connectivity index (χ0v) is 9.15. The molecule has 0 radical (unpaired) electrons. The highest BCUT2D eigenvalue weighted by atomic mass is 19.3. The second-order valence-electron chi connectivity index (χ2n) is 3.64. The van der Waals surface area contributed by atoms with Crippen molar-refractivity contribution in [3.63, 3.8) is 0 Å². The molecule has 0 atom stereocenters. The fourth-order valence-corrected chi connectivity index (χ4v) is 1.61. The van der Waals surface area contributed by atoms with Gasteiger partial charge in [-0.05, 0) is 12.1 Å². The van der Waals surface area contributed by atoms with E-state index < -0.39 is 18.4 Å². The number of imide groups is 1. The number of carbonyl (C=O) groups is 2. The maximum absolute atomic E-state index is 12.2. The molecule has 6 heteroatoms. The molecule has 1 aromatic carbocycles. The van der Waals surface area contributed by atoms with E-state index in [-0.39, 0.29) is 17.7 Å². The number of rotatable bonds is 3. The molecule has 1 aliphatic rings. The molecule has 1 fully saturated rings. The fraction of sp³-hybridized carbons (Fsp3) is 0.167. The first kappa shape index (κ1) is 12.2. The average molecular weight is 253 g/mol. The molecule has 1 N–H and O–H groups in total. The van der Waals surface area contributed by atoms with Gasteiger partial charge in [0.15, 0.2) is 0 Å². The number of amides is 2. The van der Waals surface area contributed by atoms with Crippen molar-refractivity contribution in [2.75, 3.05) is 0 Å². The average Bonchev–Trinajstić information content (AvgIpc) is 2.59. The molecule has 2 rings (SSSR count). The number of benzene rings is 1. The number of carbonyl (C=O) groups excluding carboxylic acids is 2. The summed E-state index contributed by atoms with van der Waals surface area (Å²) in [4.78, 5) is 22.3. The largest absolute Gasteiger partial charge is 0.434 e. The van der Waals surface area contributed by atoms with Gasteiger partial charge in [0.2, 0.25) is 5.91 Å². The molecule has 94 valence electrons. The quantitative estimate of drug-likeness (QED) is 0.659. The van der Waals surface area contributed by atoms with E-state index in [1.54, 1.807) is 12.1 Å². The maximum Gasteiger partial charge on any atom is 0.387 e. The van der Waals surface area contributed by atoms with Gasteiger partial charge in [-0.3, -0.25) is 14.9 Å². The van der Waals surface area contributed by atoms with Crippen LogP contribution in [0.1, 0.15) is 12.0 Å². The topological polar surface area (TPSA) is 55.4 Å². The number of halogens is 2. The normalized spacial score (nSPS) is 17.4. The number of ether oxygens (including phenoxy) is 1. The number of hydrogen-bond donors (Lipinski definition) is 1. The molecule has 0 aliphatic carbocycles. The molecule has 0 aromatic heterocycles. The van der Waals surface area contributed by atoms with Crippen LogP contribution in [0.5, 0.6) is 5.75 Å². The summed E-state index contributed by atoms with van der Waals surface area (Å²) in [5.74, 6) is -0.947. The van der Waals surface area contributed by atoms with Gasteiger partial charge in [0.25, 0.3) is 5.91 Å². The first-order valence-electron chi connectivity index (χ1n) is 5.15. The first-order chi connectivity index (χ1) is 8.56. The van der Waals surface area contributed by atoms with Crippen molar-refractivity contribution in [2.45, 2.75) is 13.0 Å². The van der Waals surface area contributed by atoms with Gasteiger partial charge in [-0.25, -0.2) is 0 Å². The molecular weight excluding hydrogens is 244 g/mol. The lowest BCUT2D eigenvalue weighted by Gasteiger charge is -2.07. The summed E-state index contributed by atoms with van der Waals surface area (Å²) < 4.78 is 28.7. The molecule has 1 aromatic rings. The fourth-order valence-electron chi connectivity index (χ4n) is 1.61. The summed E-state index contributed by atoms with van der Waals surface area (Å²) in [5, 5.41) is 2.11. The standard InChI is InChI=1S/C12H9F2NO3/c13-12(14)18-9-4-2-1-3-7(9)5-8-6-10(16)15-11(8)17/h1-5,12H,6H2,(H,15,16,17). The molecule has 2 amide bonds. The zero-order valence-electron chi connectivity index (χ0n) is 9.15. The Morgan fingerprint density at radius 1 is 1.28 bits per heavy atom. The molecule has 0 bridgehead atoms. The number of hydrogen-bond acceptors (Lipinski definition) is 3. The summed E-state index contributed by atoms with van der Waals surface area (Å²) in [5.41, 5.74) is 0.558. The zero-order chi connectivity index (χ0) is 13.1. The van der Waals surface area contributed by atoms with Crippen LogP contribution in [0, 0.1) is 0 Å². The van der Waals surface area contributed by atoms with Crippen LogP contribution in [0.25, 0.3) is 6.08 Å². The third kappa shape index (κ3) is 2.71. The van der Waals surface area contributed by atoms with Crippen LogP contribution in [0.4, 0.5) is 8.78 Å². The number of nitrogens with one attached hydrogen (secondary N) is 1. The highest BCUT2D eigenvalue weighted by Gasteiger charge is 2.24. The molecule has 0 saturated carbocycles. The van der Waals surface area contributed by atoms with Gasteiger partial charge in [-0.15, -0.1) is 0 Å². The van der Waals surface area contributed by atoms with E-state index in [1.165, 1.54) is 18.2 Å². The maximum atomic E-state index is 12.2. The highest BCUT2D eigenvalue weighted by Crippen LogP contribution is 2.24. The van der Waals surface area contributed by atoms with Gasteiger partial charge in [0.05, 0.1) is 6.42 Å². The lowest BCUT2D eigenvalue weighted by Crippen LogP contribution is -2.19. The third-order valence-electron chi connectivity index (χ3n) is 2.36. The van der Waals surface area contributed by atoms with Crippen molar-refractivity contribution >= 4 is 17.9 Å². The molecule has 0 unspecified atom stereocenters. The lowest BCUT2D eigenvalue weighted by molar-refractivity contribution is -0.124. The Morgan fingerprint density at radius 2 is 2.00 bits per heavy atom. The summed E-state index contributed by atoms with van der Waals surface area (Å²) in [7, 11) is 0. The second-order valence-corrected chi connectivity index (χ2v) is 3.64. The van der Waals surface area contributed by atoms with Crippen LogP contribution in [-0.4, -0.2) is 18.4 Å². The van der Waals surface area contributed by atoms with Gasteiger partial charge in [0, 0.05) is 11.1 Å². The predicted octanol–water partition coefficient (Wildman–Crippen LogP) is 1.72. The third-order valence-corrected chi connectivity index (χ3v) is 2.36. The SMILES string of the molecule is O=C1CC(=Cc2ccccc2OC(F)F)C(=O)N1. The Labute approximate surface area is 101 Å². The Morgan fingerprint density at radius 3 is 2.61 bits per heavy atom. The smallest absolute Gasteiger partial charge is 0.387 e. The van der Waals surface area contributed by atoms with E-state index in [2.05, 4.69) is 10.1 Å². The Balaban J connectivity index is 2.31. The molecule has 1 heterocycles. The van der Waals surface area contributed by atoms with Crippen molar-refractivity contribution in [3.8, 4) is 5.75 Å². The van der Waals surface area contributed by atoms with Crippen molar-refractivity contribution < 1.29 is 23.1 Å². The highest BCUT2D eigenvalue weighted by molar-refractivity contribution is 6.15. The van der Waals surface area contributed by atoms with Crippen molar-refractivity contribution in [1.29, 1.82) is 0 Å². The van der Waals surface area contributed by atoms with Gasteiger partial charge >= 0.3 is 6.61 Å². The van der Waals surface area contributed by atoms with Crippen LogP contribution in [0.3, 0.4) is 0 Å². The lowest BCUT2D eigenvalue weighted by atomic mass is 10.1. The molecular formula is C12H9F2NO3. The summed E-state index contributed by atoms with van der Waals surface area (Å²) in [6, 6.07) is 6.06. The van der Waals surface area contributed by atoms with Crippen molar-refractivity contribution in [2.24, 2.45) is 0 Å². The van der Waals surface area contributed by atoms with E-state index in [1.807, 2.05) is 0 Å². The summed E-state index contributed by atoms with van der Waals surface area (Å²) >= 11 is 0. The Bertz CT molecular complexity index is 526. The van der Waals surface area contributed by atoms with Crippen molar-refractivity contribution in [3.05, 3.63) is 35.4 Å². The molecule has 1 aliphatic heterocycles. The Hall–Kier alpha value is -2.24. The van der Waals surface area contributed by atoms with E-state index in [0.717, 1.165) is 0 Å². The summed E-state index contributed by atoms with van der Waals surface area (Å²) in [6.45, 7) is -2.94. The molecule has 4 nitrogen and oxygen atoms in total. The predicted molar refractivity (Wildman–Crippen MR) is 58.8 cm³/mol. The van der Waals surface area contributed by atoms with Crippen LogP contribution in [-0.2, 0) is 9.59 Å². The summed E-state index contributed by atoms with van der Waals surface area (Å²) in [6.07, 6.45) is 1.32. The van der Waals surface area contributed by atoms with Crippen LogP contribution in [0.2, 0.25) is 0 Å². The monoisotopic (exact) mass is 253 g/mol. The molecule has 1 saturated heterocycles. The molecule has 18 heavy (non-hydrogen) atoms. The van der Waals surface area contributed by atoms with E-state index in [0.29, 0.717) is 5.56 Å². The minimum absolute atomic E-state index is 0.0350. The van der Waals surface area contributed by atoms with E-state index in [4.69, 9.17) is 0 Å². The van der Waals surface area contributed by atoms with Gasteiger partial charge in [0.1, 0.15) is 5.75 Å². The van der Waals surface area contributed by atoms with Gasteiger partial charge in [-0.1, -0.05) is 18.2 Å². The van der Waals surface area contributed by atoms with Gasteiger partial charge < -0.3 is 4.74 Å². The first-order valence-corrected chi connectivity index (χ1v) is 5.15.